The predicted molar refractivity (Wildman–Crippen MR) is 420 cm³/mol. The Labute approximate surface area is 589 Å². The van der Waals surface area contributed by atoms with Crippen LogP contribution in [0.25, 0.3) is 132 Å². The highest BCUT2D eigenvalue weighted by atomic mass is 32.1. The van der Waals surface area contributed by atoms with Gasteiger partial charge in [0.2, 0.25) is 5.96 Å². The van der Waals surface area contributed by atoms with Gasteiger partial charge in [-0.2, -0.15) is 0 Å². The van der Waals surface area contributed by atoms with Crippen LogP contribution in [-0.2, 0) is 16.4 Å². The summed E-state index contributed by atoms with van der Waals surface area (Å²) in [6.45, 7) is 11.7. The SMILES string of the molecule is CC1(c2ccccc2)CC(c2ccccc2)=NC(N2c3ccccc3C(C)(C)c3ccc4c5cc(-c6ccc(-c7nc(-c8ccccc8)nc(-c8ccc9sc%10ccc(-n%11c%12ccccc%12c%12cc%13c(cc%12%11)C(C)(C)c%11ccccc%11-%13)cc%10c9c8)n7)cc6)ccc5n(-c5ccccc5)c4c32)=N1. The topological polar surface area (TPSA) is 76.5 Å². The van der Waals surface area contributed by atoms with Crippen molar-refractivity contribution in [3.8, 4) is 67.8 Å². The Bertz CT molecular complexity index is 6360. The van der Waals surface area contributed by atoms with Crippen LogP contribution in [0.4, 0.5) is 11.4 Å². The second kappa shape index (κ2) is 22.2. The molecule has 9 heteroatoms. The Morgan fingerprint density at radius 2 is 0.911 bits per heavy atom. The normalized spacial score (nSPS) is 15.8. The Balaban J connectivity index is 0.703. The molecule has 8 nitrogen and oxygen atoms in total. The smallest absolute Gasteiger partial charge is 0.231 e. The van der Waals surface area contributed by atoms with E-state index in [1.807, 2.05) is 29.5 Å². The van der Waals surface area contributed by atoms with Crippen molar-refractivity contribution in [1.29, 1.82) is 0 Å². The molecule has 0 saturated carbocycles. The Morgan fingerprint density at radius 1 is 0.347 bits per heavy atom. The van der Waals surface area contributed by atoms with Crippen LogP contribution < -0.4 is 4.90 Å². The number of guanidine groups is 1. The molecule has 0 fully saturated rings. The maximum absolute atomic E-state index is 5.80. The van der Waals surface area contributed by atoms with Crippen LogP contribution in [0.5, 0.6) is 0 Å². The fraction of sp³-hybridized carbons (Fsp3) is 0.0978. The number of fused-ring (bicyclic) bond motifs is 15. The number of benzene rings is 13. The summed E-state index contributed by atoms with van der Waals surface area (Å²) in [5, 5.41) is 7.16. The molecule has 6 heterocycles. The summed E-state index contributed by atoms with van der Waals surface area (Å²) >= 11 is 1.82. The Kier molecular flexibility index (Phi) is 12.9. The molecule has 1 unspecified atom stereocenters. The summed E-state index contributed by atoms with van der Waals surface area (Å²) in [4.78, 5) is 29.7. The first-order valence-corrected chi connectivity index (χ1v) is 35.7. The molecule has 1 aliphatic carbocycles. The van der Waals surface area contributed by atoms with Gasteiger partial charge in [-0.1, -0.05) is 240 Å². The van der Waals surface area contributed by atoms with Crippen LogP contribution in [0.1, 0.15) is 74.4 Å². The van der Waals surface area contributed by atoms with Crippen molar-refractivity contribution in [2.45, 2.75) is 57.4 Å². The maximum Gasteiger partial charge on any atom is 0.231 e. The van der Waals surface area contributed by atoms with Gasteiger partial charge in [0.15, 0.2) is 17.5 Å². The first-order chi connectivity index (χ1) is 49.4. The van der Waals surface area contributed by atoms with E-state index in [0.29, 0.717) is 29.9 Å². The maximum atomic E-state index is 5.80. The second-order valence-electron chi connectivity index (χ2n) is 28.6. The summed E-state index contributed by atoms with van der Waals surface area (Å²) < 4.78 is 7.37. The lowest BCUT2D eigenvalue weighted by Crippen LogP contribution is -2.40. The summed E-state index contributed by atoms with van der Waals surface area (Å²) in [7, 11) is 0. The van der Waals surface area contributed by atoms with Crippen molar-refractivity contribution in [3.05, 3.63) is 331 Å². The zero-order valence-electron chi connectivity index (χ0n) is 56.5. The highest BCUT2D eigenvalue weighted by molar-refractivity contribution is 7.25. The third kappa shape index (κ3) is 9.09. The Hall–Kier alpha value is -12.2. The number of aliphatic imine (C=N–C) groups is 2. The van der Waals surface area contributed by atoms with Crippen LogP contribution in [0.2, 0.25) is 0 Å². The van der Waals surface area contributed by atoms with E-state index in [1.54, 1.807) is 0 Å². The average Bonchev–Trinajstić information content (AvgIpc) is 1.64. The number of nitrogens with zero attached hydrogens (tertiary/aromatic N) is 8. The molecule has 20 rings (SSSR count). The number of thiophene rings is 1. The van der Waals surface area contributed by atoms with Crippen LogP contribution in [0.3, 0.4) is 0 Å². The molecule has 0 spiro atoms. The van der Waals surface area contributed by atoms with E-state index < -0.39 is 5.54 Å². The molecule has 1 atom stereocenters. The number of anilines is 2. The van der Waals surface area contributed by atoms with E-state index in [9.17, 15) is 0 Å². The minimum atomic E-state index is -0.613. The van der Waals surface area contributed by atoms with Gasteiger partial charge >= 0.3 is 0 Å². The molecule has 0 bridgehead atoms. The van der Waals surface area contributed by atoms with Crippen molar-refractivity contribution >= 4 is 98.2 Å². The average molecular weight is 1320 g/mol. The van der Waals surface area contributed by atoms with Gasteiger partial charge in [0.25, 0.3) is 0 Å². The van der Waals surface area contributed by atoms with Gasteiger partial charge in [-0.3, -0.25) is 4.90 Å². The van der Waals surface area contributed by atoms with Crippen LogP contribution in [0, 0.1) is 0 Å². The predicted octanol–water partition coefficient (Wildman–Crippen LogP) is 23.3. The van der Waals surface area contributed by atoms with Crippen molar-refractivity contribution < 1.29 is 0 Å². The summed E-state index contributed by atoms with van der Waals surface area (Å²) in [5.74, 6) is 2.50. The van der Waals surface area contributed by atoms with Crippen LogP contribution in [-0.4, -0.2) is 35.8 Å². The zero-order chi connectivity index (χ0) is 67.5. The van der Waals surface area contributed by atoms with Crippen molar-refractivity contribution in [1.82, 2.24) is 24.1 Å². The van der Waals surface area contributed by atoms with Crippen molar-refractivity contribution in [2.24, 2.45) is 9.98 Å². The first kappa shape index (κ1) is 58.9. The van der Waals surface area contributed by atoms with E-state index in [2.05, 4.69) is 328 Å². The quantitative estimate of drug-likeness (QED) is 0.152. The molecule has 0 amide bonds. The van der Waals surface area contributed by atoms with Crippen LogP contribution >= 0.6 is 11.3 Å². The number of para-hydroxylation sites is 3. The number of hydrogen-bond donors (Lipinski definition) is 0. The molecule has 17 aromatic rings. The molecule has 480 valence electrons. The molecule has 0 saturated heterocycles. The molecule has 0 N–H and O–H groups in total. The molecule has 4 aromatic heterocycles. The first-order valence-electron chi connectivity index (χ1n) is 34.8. The minimum absolute atomic E-state index is 0.128. The van der Waals surface area contributed by atoms with Crippen LogP contribution in [0.15, 0.2) is 307 Å². The molecule has 2 aliphatic heterocycles. The van der Waals surface area contributed by atoms with Crippen molar-refractivity contribution in [3.63, 3.8) is 0 Å². The Morgan fingerprint density at radius 3 is 1.67 bits per heavy atom. The molecule has 101 heavy (non-hydrogen) atoms. The van der Waals surface area contributed by atoms with Gasteiger partial charge in [-0.25, -0.2) is 24.9 Å². The third-order valence-corrected chi connectivity index (χ3v) is 23.1. The van der Waals surface area contributed by atoms with Gasteiger partial charge in [0.1, 0.15) is 0 Å². The number of rotatable bonds is 8. The standard InChI is InChI=1S/C92H66N8S/c1-90(2)73-34-20-18-32-65(73)68-53-70-66-33-19-22-36-78(66)98(81(70)54-76(68)90)64-44-49-83-72(52-64)71-51-61(43-48-82(71)101-83)88-95-86(58-26-12-7-13-27-58)94-87(96-88)59-40-38-56(39-41-59)60-42-47-79-69(50-60)67-45-46-75-85(84(67)99(79)63-30-16-9-17-31-63)100(80-37-23-21-35-74(80)91(75,3)4)89-93-77(57-24-10-6-11-25-57)55-92(5,97-89)62-28-14-8-15-29-62/h6-54H,55H2,1-5H3. The van der Waals surface area contributed by atoms with Gasteiger partial charge in [0.05, 0.1) is 44.7 Å². The second-order valence-corrected chi connectivity index (χ2v) is 29.7. The summed E-state index contributed by atoms with van der Waals surface area (Å²) in [6, 6.07) is 108. The van der Waals surface area contributed by atoms with E-state index in [0.717, 1.165) is 89.2 Å². The molecule has 3 aliphatic rings. The summed E-state index contributed by atoms with van der Waals surface area (Å²) in [6.07, 6.45) is 0.650. The number of hydrogen-bond acceptors (Lipinski definition) is 7. The summed E-state index contributed by atoms with van der Waals surface area (Å²) in [5.41, 5.74) is 23.8. The fourth-order valence-electron chi connectivity index (χ4n) is 16.8. The van der Waals surface area contributed by atoms with Gasteiger partial charge in [-0.05, 0) is 147 Å². The zero-order valence-corrected chi connectivity index (χ0v) is 57.3. The van der Waals surface area contributed by atoms with E-state index in [4.69, 9.17) is 24.9 Å². The minimum Gasteiger partial charge on any atom is -0.309 e. The largest absolute Gasteiger partial charge is 0.309 e. The molecular weight excluding hydrogens is 1250 g/mol. The lowest BCUT2D eigenvalue weighted by atomic mass is 9.73. The monoisotopic (exact) mass is 1310 g/mol. The van der Waals surface area contributed by atoms with Crippen molar-refractivity contribution in [2.75, 3.05) is 4.90 Å². The molecule has 0 radical (unpaired) electrons. The van der Waals surface area contributed by atoms with E-state index >= 15 is 0 Å². The van der Waals surface area contributed by atoms with E-state index in [-0.39, 0.29) is 10.8 Å². The third-order valence-electron chi connectivity index (χ3n) is 21.9. The molecule has 13 aromatic carbocycles. The number of aromatic nitrogens is 5. The lowest BCUT2D eigenvalue weighted by Gasteiger charge is -2.43. The van der Waals surface area contributed by atoms with Gasteiger partial charge in [0, 0.05) is 87.0 Å². The van der Waals surface area contributed by atoms with Gasteiger partial charge in [-0.15, -0.1) is 11.3 Å². The lowest BCUT2D eigenvalue weighted by molar-refractivity contribution is 0.513. The molecular formula is C92H66N8S. The highest BCUT2D eigenvalue weighted by Gasteiger charge is 2.43. The fourth-order valence-corrected chi connectivity index (χ4v) is 17.9. The highest BCUT2D eigenvalue weighted by Crippen LogP contribution is 2.56. The van der Waals surface area contributed by atoms with E-state index in [1.165, 1.54) is 75.4 Å². The van der Waals surface area contributed by atoms with Gasteiger partial charge < -0.3 is 9.13 Å².